The minimum Gasteiger partial charge on any atom is -0.481 e. The summed E-state index contributed by atoms with van der Waals surface area (Å²) in [4.78, 5) is 13.8. The maximum atomic E-state index is 9.53. The van der Waals surface area contributed by atoms with E-state index in [-0.39, 0.29) is 12.6 Å². The van der Waals surface area contributed by atoms with E-state index in [1.165, 1.54) is 19.3 Å². The van der Waals surface area contributed by atoms with Gasteiger partial charge in [0.25, 0.3) is 0 Å². The van der Waals surface area contributed by atoms with Crippen LogP contribution in [0, 0.1) is 18.8 Å². The number of aliphatic hydroxyl groups is 1. The molecule has 0 aromatic carbocycles. The molecular formula is C26H37N5O3. The molecule has 0 saturated heterocycles. The molecule has 0 amide bonds. The molecule has 0 radical (unpaired) electrons. The number of aliphatic hydroxyl groups excluding tert-OH is 1. The number of rotatable bonds is 8. The zero-order valence-corrected chi connectivity index (χ0v) is 20.7. The average Bonchev–Trinajstić information content (AvgIpc) is 3.39. The number of hydrogen-bond donors (Lipinski definition) is 3. The van der Waals surface area contributed by atoms with Crippen molar-refractivity contribution in [3.05, 3.63) is 24.0 Å². The van der Waals surface area contributed by atoms with Gasteiger partial charge in [0, 0.05) is 30.6 Å². The highest BCUT2D eigenvalue weighted by atomic mass is 16.5. The first-order chi connectivity index (χ1) is 16.5. The van der Waals surface area contributed by atoms with Gasteiger partial charge in [-0.3, -0.25) is 0 Å². The first kappa shape index (κ1) is 24.3. The molecule has 184 valence electrons. The van der Waals surface area contributed by atoms with Gasteiger partial charge in [-0.2, -0.15) is 4.98 Å². The molecule has 34 heavy (non-hydrogen) atoms. The Hall–Kier alpha value is -2.87. The minimum atomic E-state index is 0.237. The van der Waals surface area contributed by atoms with Crippen molar-refractivity contribution in [1.82, 2.24) is 15.0 Å². The van der Waals surface area contributed by atoms with Crippen molar-refractivity contribution in [2.75, 3.05) is 30.9 Å². The van der Waals surface area contributed by atoms with E-state index >= 15 is 0 Å². The standard InChI is InChI=1S/C23H29N5O3.C3H8/c1-13-21(18-8-16-9-20(30-2)24-11-19(16)31-18)22(27-17-6-5-15(7-17)12-29)28-23(26-13)25-10-14-3-4-14;1-3-2/h8-9,11,14-15,17,29H,3-7,10,12H2,1-2H3,(H2,25,26,27,28);3H2,1-2H3. The summed E-state index contributed by atoms with van der Waals surface area (Å²) in [5.74, 6) is 3.75. The molecule has 5 rings (SSSR count). The Bertz CT molecular complexity index is 1100. The van der Waals surface area contributed by atoms with Crippen LogP contribution < -0.4 is 15.4 Å². The van der Waals surface area contributed by atoms with Crippen molar-refractivity contribution in [3.8, 4) is 17.2 Å². The molecular weight excluding hydrogens is 430 g/mol. The van der Waals surface area contributed by atoms with Crippen LogP contribution in [-0.2, 0) is 0 Å². The number of methoxy groups -OCH3 is 1. The van der Waals surface area contributed by atoms with E-state index in [0.29, 0.717) is 29.1 Å². The summed E-state index contributed by atoms with van der Waals surface area (Å²) < 4.78 is 11.4. The van der Waals surface area contributed by atoms with Gasteiger partial charge in [0.1, 0.15) is 11.6 Å². The van der Waals surface area contributed by atoms with E-state index in [2.05, 4.69) is 29.5 Å². The minimum absolute atomic E-state index is 0.237. The van der Waals surface area contributed by atoms with Crippen LogP contribution >= 0.6 is 0 Å². The summed E-state index contributed by atoms with van der Waals surface area (Å²) in [6.45, 7) is 7.38. The number of anilines is 2. The monoisotopic (exact) mass is 467 g/mol. The molecule has 0 spiro atoms. The maximum Gasteiger partial charge on any atom is 0.224 e. The number of fused-ring (bicyclic) bond motifs is 1. The van der Waals surface area contributed by atoms with E-state index in [1.807, 2.05) is 19.1 Å². The third-order valence-corrected chi connectivity index (χ3v) is 6.31. The fraction of sp³-hybridized carbons (Fsp3) is 0.577. The topological polar surface area (TPSA) is 105 Å². The Kier molecular flexibility index (Phi) is 7.88. The predicted molar refractivity (Wildman–Crippen MR) is 135 cm³/mol. The first-order valence-corrected chi connectivity index (χ1v) is 12.5. The number of furan rings is 1. The molecule has 8 nitrogen and oxygen atoms in total. The highest BCUT2D eigenvalue weighted by molar-refractivity contribution is 5.86. The number of ether oxygens (including phenoxy) is 1. The van der Waals surface area contributed by atoms with E-state index < -0.39 is 0 Å². The Morgan fingerprint density at radius 1 is 1.12 bits per heavy atom. The van der Waals surface area contributed by atoms with Gasteiger partial charge >= 0.3 is 0 Å². The zero-order chi connectivity index (χ0) is 24.1. The third kappa shape index (κ3) is 5.78. The Morgan fingerprint density at radius 3 is 2.56 bits per heavy atom. The van der Waals surface area contributed by atoms with Gasteiger partial charge in [-0.25, -0.2) is 9.97 Å². The number of nitrogens with one attached hydrogen (secondary N) is 2. The van der Waals surface area contributed by atoms with Gasteiger partial charge in [-0.1, -0.05) is 20.3 Å². The summed E-state index contributed by atoms with van der Waals surface area (Å²) in [5.41, 5.74) is 2.41. The second-order valence-electron chi connectivity index (χ2n) is 9.47. The molecule has 2 fully saturated rings. The number of aromatic nitrogens is 3. The molecule has 3 heterocycles. The molecule has 0 bridgehead atoms. The molecule has 2 saturated carbocycles. The van der Waals surface area contributed by atoms with Crippen molar-refractivity contribution in [2.24, 2.45) is 11.8 Å². The maximum absolute atomic E-state index is 9.53. The Labute approximate surface area is 201 Å². The van der Waals surface area contributed by atoms with Crippen LogP contribution in [0.4, 0.5) is 11.8 Å². The molecule has 3 aromatic rings. The van der Waals surface area contributed by atoms with Crippen LogP contribution in [-0.4, -0.2) is 46.4 Å². The van der Waals surface area contributed by atoms with Gasteiger partial charge in [-0.15, -0.1) is 0 Å². The Morgan fingerprint density at radius 2 is 1.88 bits per heavy atom. The Balaban J connectivity index is 0.000000868. The van der Waals surface area contributed by atoms with Crippen LogP contribution in [0.1, 0.15) is 58.1 Å². The van der Waals surface area contributed by atoms with Gasteiger partial charge in [0.05, 0.1) is 24.6 Å². The van der Waals surface area contributed by atoms with Crippen LogP contribution in [0.3, 0.4) is 0 Å². The molecule has 2 atom stereocenters. The number of nitrogens with zero attached hydrogens (tertiary/aromatic N) is 3. The number of hydrogen-bond acceptors (Lipinski definition) is 8. The molecule has 2 aliphatic rings. The van der Waals surface area contributed by atoms with Crippen molar-refractivity contribution in [2.45, 2.75) is 65.3 Å². The fourth-order valence-corrected chi connectivity index (χ4v) is 4.33. The lowest BCUT2D eigenvalue weighted by Crippen LogP contribution is -2.19. The van der Waals surface area contributed by atoms with Crippen LogP contribution in [0.5, 0.6) is 5.88 Å². The number of aryl methyl sites for hydroxylation is 1. The van der Waals surface area contributed by atoms with Gasteiger partial charge in [0.2, 0.25) is 11.8 Å². The largest absolute Gasteiger partial charge is 0.481 e. The zero-order valence-electron chi connectivity index (χ0n) is 20.7. The number of pyridine rings is 1. The summed E-state index contributed by atoms with van der Waals surface area (Å²) in [6.07, 6.45) is 8.45. The van der Waals surface area contributed by atoms with Crippen molar-refractivity contribution in [3.63, 3.8) is 0 Å². The van der Waals surface area contributed by atoms with Crippen molar-refractivity contribution >= 4 is 22.7 Å². The quantitative estimate of drug-likeness (QED) is 0.404. The molecule has 3 N–H and O–H groups in total. The lowest BCUT2D eigenvalue weighted by atomic mass is 10.1. The summed E-state index contributed by atoms with van der Waals surface area (Å²) >= 11 is 0. The average molecular weight is 468 g/mol. The third-order valence-electron chi connectivity index (χ3n) is 6.31. The molecule has 3 aromatic heterocycles. The molecule has 2 aliphatic carbocycles. The van der Waals surface area contributed by atoms with Crippen molar-refractivity contribution < 1.29 is 14.3 Å². The second kappa shape index (κ2) is 11.0. The summed E-state index contributed by atoms with van der Waals surface area (Å²) in [6, 6.07) is 4.12. The van der Waals surface area contributed by atoms with Crippen LogP contribution in [0.25, 0.3) is 22.3 Å². The second-order valence-corrected chi connectivity index (χ2v) is 9.47. The lowest BCUT2D eigenvalue weighted by molar-refractivity contribution is 0.229. The SMILES string of the molecule is CCC.COc1cc2cc(-c3c(C)nc(NCC4CC4)nc3NC3CCC(CO)C3)oc2cn1. The predicted octanol–water partition coefficient (Wildman–Crippen LogP) is 5.41. The molecule has 8 heteroatoms. The highest BCUT2D eigenvalue weighted by Gasteiger charge is 2.27. The smallest absolute Gasteiger partial charge is 0.224 e. The first-order valence-electron chi connectivity index (χ1n) is 12.5. The molecule has 2 unspecified atom stereocenters. The van der Waals surface area contributed by atoms with E-state index in [1.54, 1.807) is 13.3 Å². The van der Waals surface area contributed by atoms with E-state index in [4.69, 9.17) is 19.1 Å². The van der Waals surface area contributed by atoms with Gasteiger partial charge in [0.15, 0.2) is 5.58 Å². The van der Waals surface area contributed by atoms with Gasteiger partial charge in [-0.05, 0) is 56.9 Å². The summed E-state index contributed by atoms with van der Waals surface area (Å²) in [5, 5.41) is 17.5. The summed E-state index contributed by atoms with van der Waals surface area (Å²) in [7, 11) is 1.60. The van der Waals surface area contributed by atoms with Gasteiger partial charge < -0.3 is 24.9 Å². The highest BCUT2D eigenvalue weighted by Crippen LogP contribution is 2.37. The fourth-order valence-electron chi connectivity index (χ4n) is 4.33. The van der Waals surface area contributed by atoms with E-state index in [0.717, 1.165) is 54.2 Å². The van der Waals surface area contributed by atoms with Crippen molar-refractivity contribution in [1.29, 1.82) is 0 Å². The van der Waals surface area contributed by atoms with E-state index in [9.17, 15) is 5.11 Å². The van der Waals surface area contributed by atoms with Crippen LogP contribution in [0.2, 0.25) is 0 Å². The lowest BCUT2D eigenvalue weighted by Gasteiger charge is -2.18. The normalized spacial score (nSPS) is 19.6. The molecule has 0 aliphatic heterocycles. The van der Waals surface area contributed by atoms with Crippen LogP contribution in [0.15, 0.2) is 22.7 Å².